The number of rotatable bonds is 7. The van der Waals surface area contributed by atoms with Crippen molar-refractivity contribution < 1.29 is 24.2 Å². The van der Waals surface area contributed by atoms with Gasteiger partial charge >= 0.3 is 0 Å². The number of carbonyl (C=O) groups is 2. The molecule has 4 atom stereocenters. The van der Waals surface area contributed by atoms with Gasteiger partial charge < -0.3 is 25.2 Å². The first-order chi connectivity index (χ1) is 14.1. The maximum atomic E-state index is 12.4. The van der Waals surface area contributed by atoms with Gasteiger partial charge in [-0.15, -0.1) is 0 Å². The summed E-state index contributed by atoms with van der Waals surface area (Å²) in [7, 11) is 0. The topological polar surface area (TPSA) is 96.9 Å². The van der Waals surface area contributed by atoms with Gasteiger partial charge in [-0.1, -0.05) is 42.5 Å². The van der Waals surface area contributed by atoms with Crippen molar-refractivity contribution in [1.29, 1.82) is 0 Å². The molecular formula is C22H30N2O5. The SMILES string of the molecule is C[C@@H](NC(=O)C[C@H]1C=C[C@@H](NC(=O)C2CCOCC2)[C@@H](CO)O1)c1ccccc1. The summed E-state index contributed by atoms with van der Waals surface area (Å²) in [6, 6.07) is 9.24. The maximum Gasteiger partial charge on any atom is 0.223 e. The lowest BCUT2D eigenvalue weighted by atomic mass is 9.97. The van der Waals surface area contributed by atoms with Gasteiger partial charge in [-0.2, -0.15) is 0 Å². The molecule has 0 bridgehead atoms. The Morgan fingerprint density at radius 2 is 1.90 bits per heavy atom. The van der Waals surface area contributed by atoms with Crippen LogP contribution in [0.1, 0.15) is 37.8 Å². The van der Waals surface area contributed by atoms with Crippen molar-refractivity contribution in [3.05, 3.63) is 48.0 Å². The molecule has 0 spiro atoms. The molecule has 2 amide bonds. The standard InChI is InChI=1S/C22H30N2O5/c1-15(16-5-3-2-4-6-16)23-21(26)13-18-7-8-19(20(14-25)29-18)24-22(27)17-9-11-28-12-10-17/h2-8,15,17-20,25H,9-14H2,1H3,(H,23,26)(H,24,27)/t15-,18-,19-,20-/m1/s1. The zero-order chi connectivity index (χ0) is 20.6. The van der Waals surface area contributed by atoms with E-state index in [1.807, 2.05) is 43.3 Å². The molecule has 3 rings (SSSR count). The number of benzene rings is 1. The van der Waals surface area contributed by atoms with Crippen LogP contribution in [0.15, 0.2) is 42.5 Å². The summed E-state index contributed by atoms with van der Waals surface area (Å²) in [6.07, 6.45) is 4.16. The third kappa shape index (κ3) is 6.13. The average Bonchev–Trinajstić information content (AvgIpc) is 2.75. The molecule has 0 unspecified atom stereocenters. The molecule has 2 aliphatic heterocycles. The Hall–Kier alpha value is -2.22. The summed E-state index contributed by atoms with van der Waals surface area (Å²) >= 11 is 0. The van der Waals surface area contributed by atoms with Gasteiger partial charge in [0, 0.05) is 19.1 Å². The molecule has 158 valence electrons. The maximum absolute atomic E-state index is 12.4. The minimum absolute atomic E-state index is 0.0436. The van der Waals surface area contributed by atoms with Crippen LogP contribution in [0, 0.1) is 5.92 Å². The van der Waals surface area contributed by atoms with Gasteiger partial charge in [-0.25, -0.2) is 0 Å². The van der Waals surface area contributed by atoms with Crippen molar-refractivity contribution in [2.24, 2.45) is 5.92 Å². The van der Waals surface area contributed by atoms with Gasteiger partial charge in [0.15, 0.2) is 0 Å². The number of aliphatic hydroxyl groups is 1. The monoisotopic (exact) mass is 402 g/mol. The molecule has 2 heterocycles. The van der Waals surface area contributed by atoms with Crippen LogP contribution in [0.3, 0.4) is 0 Å². The summed E-state index contributed by atoms with van der Waals surface area (Å²) < 4.78 is 11.1. The van der Waals surface area contributed by atoms with Gasteiger partial charge in [0.05, 0.1) is 31.2 Å². The van der Waals surface area contributed by atoms with E-state index in [0.29, 0.717) is 26.1 Å². The zero-order valence-electron chi connectivity index (χ0n) is 16.8. The van der Waals surface area contributed by atoms with E-state index in [4.69, 9.17) is 9.47 Å². The largest absolute Gasteiger partial charge is 0.394 e. The molecule has 1 aromatic rings. The van der Waals surface area contributed by atoms with Crippen molar-refractivity contribution in [2.75, 3.05) is 19.8 Å². The van der Waals surface area contributed by atoms with E-state index in [1.54, 1.807) is 6.08 Å². The van der Waals surface area contributed by atoms with Crippen molar-refractivity contribution in [1.82, 2.24) is 10.6 Å². The first kappa shape index (κ1) is 21.5. The second-order valence-electron chi connectivity index (χ2n) is 7.61. The van der Waals surface area contributed by atoms with E-state index in [0.717, 1.165) is 5.56 Å². The van der Waals surface area contributed by atoms with Crippen LogP contribution in [0.5, 0.6) is 0 Å². The van der Waals surface area contributed by atoms with Crippen LogP contribution < -0.4 is 10.6 Å². The van der Waals surface area contributed by atoms with Gasteiger partial charge in [0.25, 0.3) is 0 Å². The molecule has 0 radical (unpaired) electrons. The third-order valence-corrected chi connectivity index (χ3v) is 5.43. The first-order valence-electron chi connectivity index (χ1n) is 10.2. The fraction of sp³-hybridized carbons (Fsp3) is 0.545. The van der Waals surface area contributed by atoms with E-state index in [1.165, 1.54) is 0 Å². The lowest BCUT2D eigenvalue weighted by Gasteiger charge is -2.33. The third-order valence-electron chi connectivity index (χ3n) is 5.43. The summed E-state index contributed by atoms with van der Waals surface area (Å²) in [6.45, 7) is 2.89. The number of amides is 2. The minimum atomic E-state index is -0.576. The minimum Gasteiger partial charge on any atom is -0.394 e. The van der Waals surface area contributed by atoms with Crippen molar-refractivity contribution >= 4 is 11.8 Å². The highest BCUT2D eigenvalue weighted by Crippen LogP contribution is 2.19. The van der Waals surface area contributed by atoms with Crippen LogP contribution in [0.4, 0.5) is 0 Å². The number of aliphatic hydroxyl groups excluding tert-OH is 1. The molecule has 29 heavy (non-hydrogen) atoms. The Kier molecular flexibility index (Phi) is 7.80. The number of nitrogens with one attached hydrogen (secondary N) is 2. The van der Waals surface area contributed by atoms with Crippen LogP contribution in [-0.2, 0) is 19.1 Å². The molecule has 1 fully saturated rings. The lowest BCUT2D eigenvalue weighted by Crippen LogP contribution is -2.51. The number of hydrogen-bond donors (Lipinski definition) is 3. The molecule has 2 aliphatic rings. The Bertz CT molecular complexity index is 702. The summed E-state index contributed by atoms with van der Waals surface area (Å²) in [4.78, 5) is 24.8. The molecular weight excluding hydrogens is 372 g/mol. The number of carbonyl (C=O) groups excluding carboxylic acids is 2. The van der Waals surface area contributed by atoms with Crippen molar-refractivity contribution in [3.63, 3.8) is 0 Å². The smallest absolute Gasteiger partial charge is 0.223 e. The fourth-order valence-electron chi connectivity index (χ4n) is 3.69. The summed E-state index contributed by atoms with van der Waals surface area (Å²) in [5, 5.41) is 15.6. The van der Waals surface area contributed by atoms with Gasteiger partial charge in [0.1, 0.15) is 6.10 Å². The normalized spacial score (nSPS) is 25.9. The highest BCUT2D eigenvalue weighted by Gasteiger charge is 2.31. The van der Waals surface area contributed by atoms with Crippen LogP contribution in [0.25, 0.3) is 0 Å². The van der Waals surface area contributed by atoms with E-state index in [-0.39, 0.29) is 36.8 Å². The van der Waals surface area contributed by atoms with E-state index in [9.17, 15) is 14.7 Å². The fourth-order valence-corrected chi connectivity index (χ4v) is 3.69. The molecule has 0 saturated carbocycles. The Morgan fingerprint density at radius 1 is 1.17 bits per heavy atom. The van der Waals surface area contributed by atoms with Crippen LogP contribution in [0.2, 0.25) is 0 Å². The predicted molar refractivity (Wildman–Crippen MR) is 108 cm³/mol. The Morgan fingerprint density at radius 3 is 2.59 bits per heavy atom. The molecule has 3 N–H and O–H groups in total. The predicted octanol–water partition coefficient (Wildman–Crippen LogP) is 1.48. The first-order valence-corrected chi connectivity index (χ1v) is 10.2. The van der Waals surface area contributed by atoms with E-state index >= 15 is 0 Å². The number of ether oxygens (including phenoxy) is 2. The van der Waals surface area contributed by atoms with Gasteiger partial charge in [-0.3, -0.25) is 9.59 Å². The van der Waals surface area contributed by atoms with Crippen LogP contribution in [-0.4, -0.2) is 55.0 Å². The second-order valence-corrected chi connectivity index (χ2v) is 7.61. The lowest BCUT2D eigenvalue weighted by molar-refractivity contribution is -0.132. The van der Waals surface area contributed by atoms with E-state index in [2.05, 4.69) is 10.6 Å². The summed E-state index contributed by atoms with van der Waals surface area (Å²) in [5.74, 6) is -0.241. The molecule has 1 saturated heterocycles. The summed E-state index contributed by atoms with van der Waals surface area (Å²) in [5.41, 5.74) is 1.03. The van der Waals surface area contributed by atoms with Crippen LogP contribution >= 0.6 is 0 Å². The second kappa shape index (κ2) is 10.5. The highest BCUT2D eigenvalue weighted by molar-refractivity contribution is 5.79. The number of hydrogen-bond acceptors (Lipinski definition) is 5. The highest BCUT2D eigenvalue weighted by atomic mass is 16.5. The molecule has 0 aromatic heterocycles. The molecule has 7 heteroatoms. The van der Waals surface area contributed by atoms with Crippen molar-refractivity contribution in [2.45, 2.75) is 50.5 Å². The Balaban J connectivity index is 1.51. The van der Waals surface area contributed by atoms with Gasteiger partial charge in [0.2, 0.25) is 11.8 Å². The molecule has 7 nitrogen and oxygen atoms in total. The van der Waals surface area contributed by atoms with Gasteiger partial charge in [-0.05, 0) is 25.3 Å². The quantitative estimate of drug-likeness (QED) is 0.601. The molecule has 0 aliphatic carbocycles. The Labute approximate surface area is 171 Å². The average molecular weight is 402 g/mol. The van der Waals surface area contributed by atoms with E-state index < -0.39 is 18.2 Å². The molecule has 1 aromatic carbocycles. The van der Waals surface area contributed by atoms with Crippen molar-refractivity contribution in [3.8, 4) is 0 Å². The zero-order valence-corrected chi connectivity index (χ0v) is 16.8.